The molecule has 0 aromatic rings. The Morgan fingerprint density at radius 1 is 1.00 bits per heavy atom. The fraction of sp³-hybridized carbons (Fsp3) is 0.929. The molecule has 0 heterocycles. The summed E-state index contributed by atoms with van der Waals surface area (Å²) in [6, 6.07) is 0. The van der Waals surface area contributed by atoms with E-state index in [4.69, 9.17) is 0 Å². The monoisotopic (exact) mass is 261 g/mol. The molecule has 4 heteroatoms. The van der Waals surface area contributed by atoms with Gasteiger partial charge in [-0.3, -0.25) is 0 Å². The van der Waals surface area contributed by atoms with Crippen LogP contribution in [0.25, 0.3) is 0 Å². The summed E-state index contributed by atoms with van der Waals surface area (Å²) in [4.78, 5) is 9.73. The second kappa shape index (κ2) is 12.8. The first-order chi connectivity index (χ1) is 8.51. The molecule has 0 aromatic carbocycles. The minimum Gasteiger partial charge on any atom is -0.548 e. The van der Waals surface area contributed by atoms with Crippen molar-refractivity contribution < 1.29 is 19.1 Å². The topological polar surface area (TPSA) is 49.4 Å². The highest BCUT2D eigenvalue weighted by atomic mass is 16.5. The van der Waals surface area contributed by atoms with Crippen molar-refractivity contribution in [2.45, 2.75) is 47.5 Å². The molecule has 110 valence electrons. The van der Waals surface area contributed by atoms with Gasteiger partial charge in [-0.1, -0.05) is 13.3 Å². The van der Waals surface area contributed by atoms with Gasteiger partial charge >= 0.3 is 0 Å². The average Bonchev–Trinajstić information content (AvgIpc) is 2.39. The van der Waals surface area contributed by atoms with Gasteiger partial charge in [0, 0.05) is 6.61 Å². The molecule has 0 bridgehead atoms. The molecule has 0 atom stereocenters. The second-order valence-electron chi connectivity index (χ2n) is 4.38. The van der Waals surface area contributed by atoms with E-state index in [9.17, 15) is 9.90 Å². The third-order valence-electron chi connectivity index (χ3n) is 3.55. The zero-order valence-electron chi connectivity index (χ0n) is 12.8. The van der Waals surface area contributed by atoms with Gasteiger partial charge in [-0.15, -0.1) is 0 Å². The summed E-state index contributed by atoms with van der Waals surface area (Å²) in [5.41, 5.74) is 0. The molecule has 0 aliphatic rings. The van der Waals surface area contributed by atoms with Crippen LogP contribution in [0.1, 0.15) is 47.5 Å². The lowest BCUT2D eigenvalue weighted by Gasteiger charge is -2.34. The van der Waals surface area contributed by atoms with Crippen molar-refractivity contribution in [2.75, 3.05) is 39.4 Å². The third kappa shape index (κ3) is 10.5. The molecule has 0 rings (SSSR count). The quantitative estimate of drug-likeness (QED) is 0.466. The van der Waals surface area contributed by atoms with Crippen LogP contribution in [-0.4, -0.2) is 49.8 Å². The van der Waals surface area contributed by atoms with Gasteiger partial charge in [0.05, 0.1) is 38.8 Å². The van der Waals surface area contributed by atoms with E-state index in [1.165, 1.54) is 30.7 Å². The van der Waals surface area contributed by atoms with Crippen LogP contribution in [0.3, 0.4) is 0 Å². The number of unbranched alkanes of at least 4 members (excludes halogenated alkanes) is 1. The number of aliphatic carboxylic acids is 1. The Morgan fingerprint density at radius 3 is 1.67 bits per heavy atom. The lowest BCUT2D eigenvalue weighted by atomic mass is 10.3. The fourth-order valence-electron chi connectivity index (χ4n) is 1.74. The van der Waals surface area contributed by atoms with Crippen molar-refractivity contribution in [1.29, 1.82) is 0 Å². The normalized spacial score (nSPS) is 10.7. The van der Waals surface area contributed by atoms with Crippen LogP contribution in [0.2, 0.25) is 0 Å². The molecule has 0 N–H and O–H groups in total. The van der Waals surface area contributed by atoms with Crippen molar-refractivity contribution in [2.24, 2.45) is 0 Å². The number of hydrogen-bond donors (Lipinski definition) is 0. The van der Waals surface area contributed by atoms with E-state index in [0.29, 0.717) is 6.61 Å². The fourth-order valence-corrected chi connectivity index (χ4v) is 1.74. The van der Waals surface area contributed by atoms with Gasteiger partial charge in [-0.25, -0.2) is 0 Å². The van der Waals surface area contributed by atoms with Crippen molar-refractivity contribution in [3.8, 4) is 0 Å². The highest BCUT2D eigenvalue weighted by molar-refractivity contribution is 5.65. The maximum absolute atomic E-state index is 9.73. The molecule has 0 amide bonds. The molecular formula is C14H31NO3. The van der Waals surface area contributed by atoms with Gasteiger partial charge in [-0.05, 0) is 34.1 Å². The molecule has 0 aliphatic heterocycles. The highest BCUT2D eigenvalue weighted by Crippen LogP contribution is 2.03. The minimum atomic E-state index is -1.15. The largest absolute Gasteiger partial charge is 0.548 e. The van der Waals surface area contributed by atoms with E-state index in [0.717, 1.165) is 12.8 Å². The maximum atomic E-state index is 9.73. The van der Waals surface area contributed by atoms with Crippen LogP contribution in [-0.2, 0) is 9.53 Å². The Labute approximate surface area is 113 Å². The van der Waals surface area contributed by atoms with E-state index >= 15 is 0 Å². The van der Waals surface area contributed by atoms with E-state index < -0.39 is 5.97 Å². The number of carbonyl (C=O) groups is 1. The summed E-state index contributed by atoms with van der Waals surface area (Å²) in [6.07, 6.45) is 1.93. The molecule has 0 fully saturated rings. The number of ether oxygens (including phenoxy) is 1. The predicted molar refractivity (Wildman–Crippen MR) is 73.2 cm³/mol. The van der Waals surface area contributed by atoms with E-state index in [1.54, 1.807) is 0 Å². The summed E-state index contributed by atoms with van der Waals surface area (Å²) in [6.45, 7) is 16.5. The van der Waals surface area contributed by atoms with Crippen molar-refractivity contribution >= 4 is 5.97 Å². The van der Waals surface area contributed by atoms with Crippen molar-refractivity contribution in [1.82, 2.24) is 0 Å². The Morgan fingerprint density at radius 2 is 1.44 bits per heavy atom. The van der Waals surface area contributed by atoms with Crippen LogP contribution in [0.15, 0.2) is 0 Å². The summed E-state index contributed by atoms with van der Waals surface area (Å²) in [7, 11) is 0. The number of carboxylic acid groups (broad SMARTS) is 1. The first-order valence-corrected chi connectivity index (χ1v) is 7.14. The lowest BCUT2D eigenvalue weighted by molar-refractivity contribution is -0.921. The van der Waals surface area contributed by atoms with Gasteiger partial charge in [-0.2, -0.15) is 0 Å². The molecule has 0 spiro atoms. The van der Waals surface area contributed by atoms with Gasteiger partial charge in [0.1, 0.15) is 0 Å². The molecule has 0 saturated heterocycles. The first-order valence-electron chi connectivity index (χ1n) is 7.14. The number of quaternary nitrogens is 1. The molecule has 0 radical (unpaired) electrons. The maximum Gasteiger partial charge on any atom is 0.0861 e. The first kappa shape index (κ1) is 19.7. The second-order valence-corrected chi connectivity index (χ2v) is 4.38. The number of carboxylic acids is 1. The van der Waals surface area contributed by atoms with Crippen LogP contribution >= 0.6 is 0 Å². The Hall–Kier alpha value is -0.610. The predicted octanol–water partition coefficient (Wildman–Crippen LogP) is 1.44. The summed E-state index contributed by atoms with van der Waals surface area (Å²) < 4.78 is 5.95. The summed E-state index contributed by atoms with van der Waals surface area (Å²) in [5, 5.41) is 9.73. The number of carbonyl (C=O) groups excluding carboxylic acids is 1. The average molecular weight is 261 g/mol. The molecule has 0 saturated carbocycles. The van der Waals surface area contributed by atoms with Crippen LogP contribution < -0.4 is 5.11 Å². The third-order valence-corrected chi connectivity index (χ3v) is 3.55. The zero-order valence-corrected chi connectivity index (χ0v) is 12.8. The van der Waals surface area contributed by atoms with E-state index in [2.05, 4.69) is 32.4 Å². The molecule has 0 aliphatic carbocycles. The molecule has 0 unspecified atom stereocenters. The number of hydrogen-bond acceptors (Lipinski definition) is 3. The molecule has 18 heavy (non-hydrogen) atoms. The molecule has 4 nitrogen and oxygen atoms in total. The lowest BCUT2D eigenvalue weighted by Crippen LogP contribution is -2.47. The van der Waals surface area contributed by atoms with Gasteiger partial charge < -0.3 is 19.1 Å². The Kier molecular flexibility index (Phi) is 14.1. The SMILES string of the molecule is CCCCOCC(=O)[O-].CC[N+](CC)(CC)CC. The number of rotatable bonds is 9. The smallest absolute Gasteiger partial charge is 0.0861 e. The van der Waals surface area contributed by atoms with Gasteiger partial charge in [0.25, 0.3) is 0 Å². The zero-order chi connectivity index (χ0) is 14.4. The summed E-state index contributed by atoms with van der Waals surface area (Å²) >= 11 is 0. The Balaban J connectivity index is 0. The van der Waals surface area contributed by atoms with Crippen LogP contribution in [0.5, 0.6) is 0 Å². The van der Waals surface area contributed by atoms with Gasteiger partial charge in [0.2, 0.25) is 0 Å². The number of nitrogens with zero attached hydrogens (tertiary/aromatic N) is 1. The van der Waals surface area contributed by atoms with E-state index in [-0.39, 0.29) is 6.61 Å². The van der Waals surface area contributed by atoms with Crippen molar-refractivity contribution in [3.05, 3.63) is 0 Å². The van der Waals surface area contributed by atoms with Crippen molar-refractivity contribution in [3.63, 3.8) is 0 Å². The molecular weight excluding hydrogens is 230 g/mol. The van der Waals surface area contributed by atoms with Gasteiger partial charge in [0.15, 0.2) is 0 Å². The minimum absolute atomic E-state index is 0.278. The highest BCUT2D eigenvalue weighted by Gasteiger charge is 2.16. The van der Waals surface area contributed by atoms with Crippen LogP contribution in [0, 0.1) is 0 Å². The van der Waals surface area contributed by atoms with Crippen LogP contribution in [0.4, 0.5) is 0 Å². The Bertz CT molecular complexity index is 174. The molecule has 0 aromatic heterocycles. The standard InChI is InChI=1S/C8H20N.C6H12O3/c1-5-9(6-2,7-3)8-4;1-2-3-4-9-5-6(7)8/h5-8H2,1-4H3;2-5H2,1H3,(H,7,8)/q+1;/p-1. The van der Waals surface area contributed by atoms with E-state index in [1.807, 2.05) is 6.92 Å². The summed E-state index contributed by atoms with van der Waals surface area (Å²) in [5.74, 6) is -1.15.